The van der Waals surface area contributed by atoms with Gasteiger partial charge in [-0.15, -0.1) is 0 Å². The first-order valence-electron chi connectivity index (χ1n) is 9.87. The summed E-state index contributed by atoms with van der Waals surface area (Å²) in [6.07, 6.45) is 8.94. The molecule has 0 N–H and O–H groups in total. The van der Waals surface area contributed by atoms with Crippen LogP contribution in [-0.4, -0.2) is 57.2 Å². The van der Waals surface area contributed by atoms with Gasteiger partial charge in [-0.25, -0.2) is 4.68 Å². The van der Waals surface area contributed by atoms with Crippen molar-refractivity contribution in [1.29, 1.82) is 0 Å². The molecule has 2 aliphatic heterocycles. The number of likely N-dealkylation sites (tertiary alicyclic amines) is 1. The van der Waals surface area contributed by atoms with Crippen LogP contribution in [0, 0.1) is 11.3 Å². The number of tetrazole rings is 1. The predicted octanol–water partition coefficient (Wildman–Crippen LogP) is 2.26. The van der Waals surface area contributed by atoms with Crippen LogP contribution < -0.4 is 4.90 Å². The van der Waals surface area contributed by atoms with Crippen LogP contribution in [0.1, 0.15) is 64.8 Å². The van der Waals surface area contributed by atoms with Gasteiger partial charge in [-0.05, 0) is 47.4 Å². The quantitative estimate of drug-likeness (QED) is 0.822. The van der Waals surface area contributed by atoms with Crippen LogP contribution in [-0.2, 0) is 4.79 Å². The van der Waals surface area contributed by atoms with Crippen LogP contribution >= 0.6 is 0 Å². The Balaban J connectivity index is 1.53. The van der Waals surface area contributed by atoms with Gasteiger partial charge < -0.3 is 9.80 Å². The second-order valence-electron chi connectivity index (χ2n) is 8.37. The van der Waals surface area contributed by atoms with E-state index in [0.717, 1.165) is 44.5 Å². The van der Waals surface area contributed by atoms with E-state index in [1.54, 1.807) is 6.92 Å². The van der Waals surface area contributed by atoms with E-state index in [4.69, 9.17) is 0 Å². The number of hydrogen-bond donors (Lipinski definition) is 0. The molecule has 1 spiro atoms. The van der Waals surface area contributed by atoms with E-state index in [-0.39, 0.29) is 11.9 Å². The molecule has 1 unspecified atom stereocenters. The lowest BCUT2D eigenvalue weighted by atomic mass is 9.63. The molecule has 25 heavy (non-hydrogen) atoms. The SMILES string of the molecule is CC(=O)N1CC[C@@H](n2nnnc2N2CCC(C)C3(CCCCC3)C2)C1. The summed E-state index contributed by atoms with van der Waals surface area (Å²) in [5.74, 6) is 1.84. The van der Waals surface area contributed by atoms with E-state index >= 15 is 0 Å². The van der Waals surface area contributed by atoms with Crippen molar-refractivity contribution < 1.29 is 4.79 Å². The van der Waals surface area contributed by atoms with Crippen molar-refractivity contribution in [3.63, 3.8) is 0 Å². The van der Waals surface area contributed by atoms with Gasteiger partial charge in [0, 0.05) is 33.1 Å². The van der Waals surface area contributed by atoms with E-state index in [9.17, 15) is 4.79 Å². The summed E-state index contributed by atoms with van der Waals surface area (Å²) in [4.78, 5) is 16.0. The third-order valence-electron chi connectivity index (χ3n) is 6.95. The lowest BCUT2D eigenvalue weighted by Gasteiger charge is -2.49. The summed E-state index contributed by atoms with van der Waals surface area (Å²) >= 11 is 0. The Kier molecular flexibility index (Phi) is 4.41. The first-order chi connectivity index (χ1) is 12.1. The van der Waals surface area contributed by atoms with Crippen molar-refractivity contribution >= 4 is 11.9 Å². The molecule has 2 saturated heterocycles. The van der Waals surface area contributed by atoms with Gasteiger partial charge in [0.15, 0.2) is 0 Å². The molecular weight excluding hydrogens is 316 g/mol. The molecule has 0 aromatic carbocycles. The second kappa shape index (κ2) is 6.57. The number of anilines is 1. The van der Waals surface area contributed by atoms with Crippen LogP contribution in [0.5, 0.6) is 0 Å². The van der Waals surface area contributed by atoms with Crippen molar-refractivity contribution in [2.24, 2.45) is 11.3 Å². The molecule has 1 amide bonds. The summed E-state index contributed by atoms with van der Waals surface area (Å²) in [5.41, 5.74) is 0.439. The van der Waals surface area contributed by atoms with E-state index < -0.39 is 0 Å². The maximum atomic E-state index is 11.6. The number of amides is 1. The van der Waals surface area contributed by atoms with Crippen molar-refractivity contribution in [2.45, 2.75) is 64.8 Å². The summed E-state index contributed by atoms with van der Waals surface area (Å²) in [5, 5.41) is 12.7. The molecule has 1 aromatic rings. The van der Waals surface area contributed by atoms with E-state index in [0.29, 0.717) is 5.41 Å². The predicted molar refractivity (Wildman–Crippen MR) is 95.2 cm³/mol. The molecule has 3 fully saturated rings. The summed E-state index contributed by atoms with van der Waals surface area (Å²) in [6, 6.07) is 0.204. The lowest BCUT2D eigenvalue weighted by molar-refractivity contribution is -0.127. The Bertz CT molecular complexity index is 623. The largest absolute Gasteiger partial charge is 0.341 e. The average molecular weight is 346 g/mol. The van der Waals surface area contributed by atoms with E-state index in [2.05, 4.69) is 27.3 Å². The third kappa shape index (κ3) is 3.02. The number of hydrogen-bond acceptors (Lipinski definition) is 5. The molecule has 3 heterocycles. The molecule has 7 nitrogen and oxygen atoms in total. The van der Waals surface area contributed by atoms with Gasteiger partial charge in [0.25, 0.3) is 0 Å². The minimum Gasteiger partial charge on any atom is -0.341 e. The second-order valence-corrected chi connectivity index (χ2v) is 8.37. The first kappa shape index (κ1) is 16.8. The minimum atomic E-state index is 0.144. The molecule has 1 aromatic heterocycles. The molecule has 1 saturated carbocycles. The summed E-state index contributed by atoms with van der Waals surface area (Å²) in [6.45, 7) is 7.72. The fraction of sp³-hybridized carbons (Fsp3) is 0.889. The Hall–Kier alpha value is -1.66. The van der Waals surface area contributed by atoms with Gasteiger partial charge in [0.1, 0.15) is 0 Å². The fourth-order valence-electron chi connectivity index (χ4n) is 5.21. The van der Waals surface area contributed by atoms with Gasteiger partial charge in [0.05, 0.1) is 6.04 Å². The number of nitrogens with zero attached hydrogens (tertiary/aromatic N) is 6. The maximum absolute atomic E-state index is 11.6. The van der Waals surface area contributed by atoms with Crippen LogP contribution in [0.2, 0.25) is 0 Å². The highest BCUT2D eigenvalue weighted by molar-refractivity contribution is 5.73. The minimum absolute atomic E-state index is 0.144. The smallest absolute Gasteiger partial charge is 0.245 e. The Morgan fingerprint density at radius 2 is 1.96 bits per heavy atom. The number of carbonyl (C=O) groups excluding carboxylic acids is 1. The number of aromatic nitrogens is 4. The first-order valence-corrected chi connectivity index (χ1v) is 9.87. The zero-order valence-electron chi connectivity index (χ0n) is 15.5. The van der Waals surface area contributed by atoms with Crippen molar-refractivity contribution in [1.82, 2.24) is 25.1 Å². The zero-order chi connectivity index (χ0) is 17.4. The lowest BCUT2D eigenvalue weighted by Crippen LogP contribution is -2.50. The molecule has 138 valence electrons. The molecule has 0 bridgehead atoms. The normalized spacial score (nSPS) is 29.4. The Morgan fingerprint density at radius 3 is 2.68 bits per heavy atom. The monoisotopic (exact) mass is 346 g/mol. The standard InChI is InChI=1S/C18H30N6O/c1-14-6-10-23(13-18(14)8-4-3-5-9-18)17-19-20-21-24(17)16-7-11-22(12-16)15(2)25/h14,16H,3-13H2,1-2H3/t14?,16-/m1/s1. The molecule has 7 heteroatoms. The van der Waals surface area contributed by atoms with Crippen molar-refractivity contribution in [2.75, 3.05) is 31.1 Å². The van der Waals surface area contributed by atoms with Crippen molar-refractivity contribution in [3.05, 3.63) is 0 Å². The number of rotatable bonds is 2. The zero-order valence-corrected chi connectivity index (χ0v) is 15.5. The Labute approximate surface area is 149 Å². The van der Waals surface area contributed by atoms with Gasteiger partial charge >= 0.3 is 0 Å². The van der Waals surface area contributed by atoms with Crippen LogP contribution in [0.15, 0.2) is 0 Å². The molecule has 2 atom stereocenters. The Morgan fingerprint density at radius 1 is 1.16 bits per heavy atom. The molecule has 4 rings (SSSR count). The van der Waals surface area contributed by atoms with E-state index in [1.807, 2.05) is 9.58 Å². The molecule has 0 radical (unpaired) electrons. The highest BCUT2D eigenvalue weighted by Crippen LogP contribution is 2.47. The summed E-state index contributed by atoms with van der Waals surface area (Å²) in [7, 11) is 0. The maximum Gasteiger partial charge on any atom is 0.245 e. The molecular formula is C18H30N6O. The fourth-order valence-corrected chi connectivity index (χ4v) is 5.21. The number of piperidine rings is 1. The topological polar surface area (TPSA) is 67.2 Å². The van der Waals surface area contributed by atoms with Crippen LogP contribution in [0.4, 0.5) is 5.95 Å². The summed E-state index contributed by atoms with van der Waals surface area (Å²) < 4.78 is 1.98. The van der Waals surface area contributed by atoms with Gasteiger partial charge in [0.2, 0.25) is 11.9 Å². The van der Waals surface area contributed by atoms with Crippen LogP contribution in [0.25, 0.3) is 0 Å². The number of carbonyl (C=O) groups is 1. The van der Waals surface area contributed by atoms with Crippen molar-refractivity contribution in [3.8, 4) is 0 Å². The van der Waals surface area contributed by atoms with E-state index in [1.165, 1.54) is 38.5 Å². The van der Waals surface area contributed by atoms with Gasteiger partial charge in [-0.1, -0.05) is 31.3 Å². The third-order valence-corrected chi connectivity index (χ3v) is 6.95. The van der Waals surface area contributed by atoms with Gasteiger partial charge in [-0.3, -0.25) is 4.79 Å². The molecule has 3 aliphatic rings. The van der Waals surface area contributed by atoms with Crippen LogP contribution in [0.3, 0.4) is 0 Å². The highest BCUT2D eigenvalue weighted by Gasteiger charge is 2.43. The average Bonchev–Trinajstić information content (AvgIpc) is 3.27. The molecule has 1 aliphatic carbocycles. The van der Waals surface area contributed by atoms with Gasteiger partial charge in [-0.2, -0.15) is 0 Å². The highest BCUT2D eigenvalue weighted by atomic mass is 16.2.